The first-order valence-electron chi connectivity index (χ1n) is 4.93. The summed E-state index contributed by atoms with van der Waals surface area (Å²) in [6.07, 6.45) is 1.77. The molecule has 0 aliphatic carbocycles. The molecule has 0 fully saturated rings. The Morgan fingerprint density at radius 3 is 2.88 bits per heavy atom. The van der Waals surface area contributed by atoms with E-state index in [1.165, 1.54) is 0 Å². The first kappa shape index (κ1) is 10.4. The number of nitrogens with one attached hydrogen (secondary N) is 1. The zero-order chi connectivity index (χ0) is 11.7. The normalized spacial score (nSPS) is 10.6. The Balaban J connectivity index is 2.09. The van der Waals surface area contributed by atoms with Crippen LogP contribution in [0.15, 0.2) is 36.5 Å². The highest BCUT2D eigenvalue weighted by molar-refractivity contribution is 6.99. The molecule has 0 unspecified atom stereocenters. The third kappa shape index (κ3) is 1.94. The molecule has 4 nitrogen and oxygen atoms in total. The van der Waals surface area contributed by atoms with Gasteiger partial charge in [-0.2, -0.15) is 8.75 Å². The van der Waals surface area contributed by atoms with Crippen molar-refractivity contribution in [2.75, 3.05) is 5.32 Å². The van der Waals surface area contributed by atoms with Gasteiger partial charge >= 0.3 is 0 Å². The Morgan fingerprint density at radius 1 is 1.12 bits per heavy atom. The summed E-state index contributed by atoms with van der Waals surface area (Å²) >= 11 is 6.98. The lowest BCUT2D eigenvalue weighted by Gasteiger charge is -2.06. The van der Waals surface area contributed by atoms with Crippen LogP contribution in [0.2, 0.25) is 5.15 Å². The van der Waals surface area contributed by atoms with Crippen LogP contribution in [0.4, 0.5) is 11.5 Å². The monoisotopic (exact) mass is 262 g/mol. The van der Waals surface area contributed by atoms with Gasteiger partial charge in [-0.1, -0.05) is 17.7 Å². The van der Waals surface area contributed by atoms with Crippen LogP contribution in [0.3, 0.4) is 0 Å². The van der Waals surface area contributed by atoms with Crippen molar-refractivity contribution in [3.8, 4) is 0 Å². The van der Waals surface area contributed by atoms with Crippen LogP contribution < -0.4 is 5.32 Å². The molecule has 0 radical (unpaired) electrons. The van der Waals surface area contributed by atoms with Crippen molar-refractivity contribution in [2.45, 2.75) is 0 Å². The Bertz CT molecular complexity index is 662. The number of fused-ring (bicyclic) bond motifs is 1. The zero-order valence-electron chi connectivity index (χ0n) is 8.59. The second-order valence-electron chi connectivity index (χ2n) is 3.40. The molecule has 0 atom stereocenters. The van der Waals surface area contributed by atoms with E-state index in [1.54, 1.807) is 6.20 Å². The molecule has 84 valence electrons. The third-order valence-electron chi connectivity index (χ3n) is 2.35. The summed E-state index contributed by atoms with van der Waals surface area (Å²) in [5.74, 6) is 0.577. The summed E-state index contributed by atoms with van der Waals surface area (Å²) in [5.41, 5.74) is 1.85. The van der Waals surface area contributed by atoms with Gasteiger partial charge < -0.3 is 5.32 Å². The highest BCUT2D eigenvalue weighted by Crippen LogP contribution is 2.27. The van der Waals surface area contributed by atoms with E-state index in [0.29, 0.717) is 11.0 Å². The lowest BCUT2D eigenvalue weighted by molar-refractivity contribution is 1.40. The number of rotatable bonds is 2. The van der Waals surface area contributed by atoms with Crippen LogP contribution in [0.25, 0.3) is 10.9 Å². The average molecular weight is 263 g/mol. The van der Waals surface area contributed by atoms with Gasteiger partial charge in [0.25, 0.3) is 0 Å². The molecule has 0 spiro atoms. The zero-order valence-corrected chi connectivity index (χ0v) is 10.2. The first-order valence-corrected chi connectivity index (χ1v) is 6.04. The molecule has 0 aliphatic heterocycles. The summed E-state index contributed by atoms with van der Waals surface area (Å²) < 4.78 is 8.00. The Kier molecular flexibility index (Phi) is 2.62. The summed E-state index contributed by atoms with van der Waals surface area (Å²) in [6.45, 7) is 0. The topological polar surface area (TPSA) is 50.7 Å². The molecule has 0 bridgehead atoms. The largest absolute Gasteiger partial charge is 0.336 e. The maximum atomic E-state index is 5.90. The van der Waals surface area contributed by atoms with E-state index in [4.69, 9.17) is 11.6 Å². The number of aromatic nitrogens is 3. The van der Waals surface area contributed by atoms with Gasteiger partial charge in [-0.3, -0.25) is 4.98 Å². The van der Waals surface area contributed by atoms with Crippen LogP contribution in [0.5, 0.6) is 0 Å². The van der Waals surface area contributed by atoms with Crippen LogP contribution in [0.1, 0.15) is 0 Å². The standard InChI is InChI=1S/C11H7ClN4S/c12-10-11(16-17-15-10)14-9-5-1-4-8-7(9)3-2-6-13-8/h1-6H,(H,14,16). The number of hydrogen-bond donors (Lipinski definition) is 1. The summed E-state index contributed by atoms with van der Waals surface area (Å²) in [5, 5.41) is 4.57. The van der Waals surface area contributed by atoms with Gasteiger partial charge in [0, 0.05) is 17.3 Å². The van der Waals surface area contributed by atoms with Gasteiger partial charge in [0.2, 0.25) is 0 Å². The molecule has 0 saturated carbocycles. The van der Waals surface area contributed by atoms with Gasteiger partial charge in [-0.25, -0.2) is 0 Å². The SMILES string of the molecule is Clc1nsnc1Nc1cccc2ncccc12. The van der Waals surface area contributed by atoms with Crippen LogP contribution in [-0.2, 0) is 0 Å². The van der Waals surface area contributed by atoms with E-state index in [2.05, 4.69) is 19.0 Å². The number of halogens is 1. The maximum absolute atomic E-state index is 5.90. The van der Waals surface area contributed by atoms with Gasteiger partial charge in [0.05, 0.1) is 17.2 Å². The lowest BCUT2D eigenvalue weighted by atomic mass is 10.2. The third-order valence-corrected chi connectivity index (χ3v) is 3.24. The van der Waals surface area contributed by atoms with Crippen LogP contribution in [0, 0.1) is 0 Å². The highest BCUT2D eigenvalue weighted by atomic mass is 35.5. The van der Waals surface area contributed by atoms with E-state index >= 15 is 0 Å². The van der Waals surface area contributed by atoms with Crippen molar-refractivity contribution in [1.82, 2.24) is 13.7 Å². The minimum absolute atomic E-state index is 0.385. The Hall–Kier alpha value is -1.72. The van der Waals surface area contributed by atoms with Gasteiger partial charge in [0.1, 0.15) is 0 Å². The molecule has 1 aromatic carbocycles. The second-order valence-corrected chi connectivity index (χ2v) is 4.29. The highest BCUT2D eigenvalue weighted by Gasteiger charge is 2.07. The van der Waals surface area contributed by atoms with Gasteiger partial charge in [-0.15, -0.1) is 0 Å². The van der Waals surface area contributed by atoms with Crippen molar-refractivity contribution >= 4 is 45.7 Å². The molecular formula is C11H7ClN4S. The lowest BCUT2D eigenvalue weighted by Crippen LogP contribution is -1.92. The molecule has 17 heavy (non-hydrogen) atoms. The molecule has 0 saturated heterocycles. The van der Waals surface area contributed by atoms with Crippen molar-refractivity contribution in [3.05, 3.63) is 41.7 Å². The maximum Gasteiger partial charge on any atom is 0.187 e. The molecule has 3 aromatic rings. The Labute approximate surface area is 107 Å². The van der Waals surface area contributed by atoms with Gasteiger partial charge in [-0.05, 0) is 24.3 Å². The molecular weight excluding hydrogens is 256 g/mol. The number of hydrogen-bond acceptors (Lipinski definition) is 5. The number of benzene rings is 1. The van der Waals surface area contributed by atoms with E-state index in [1.807, 2.05) is 30.3 Å². The van der Waals surface area contributed by atoms with Crippen LogP contribution >= 0.6 is 23.3 Å². The summed E-state index contributed by atoms with van der Waals surface area (Å²) in [4.78, 5) is 4.29. The predicted octanol–water partition coefficient (Wildman–Crippen LogP) is 3.48. The second kappa shape index (κ2) is 4.27. The van der Waals surface area contributed by atoms with Crippen molar-refractivity contribution in [1.29, 1.82) is 0 Å². The van der Waals surface area contributed by atoms with E-state index in [-0.39, 0.29) is 0 Å². The number of pyridine rings is 1. The van der Waals surface area contributed by atoms with E-state index < -0.39 is 0 Å². The smallest absolute Gasteiger partial charge is 0.187 e. The first-order chi connectivity index (χ1) is 8.34. The fourth-order valence-corrected chi connectivity index (χ4v) is 2.24. The molecule has 6 heteroatoms. The molecule has 2 aromatic heterocycles. The number of nitrogens with zero attached hydrogens (tertiary/aromatic N) is 3. The molecule has 0 amide bonds. The average Bonchev–Trinajstić information content (AvgIpc) is 2.76. The fourth-order valence-electron chi connectivity index (χ4n) is 1.59. The molecule has 0 aliphatic rings. The minimum Gasteiger partial charge on any atom is -0.336 e. The van der Waals surface area contributed by atoms with E-state index in [0.717, 1.165) is 28.3 Å². The predicted molar refractivity (Wildman–Crippen MR) is 69.9 cm³/mol. The molecule has 3 rings (SSSR count). The quantitative estimate of drug-likeness (QED) is 0.768. The van der Waals surface area contributed by atoms with Crippen molar-refractivity contribution in [3.63, 3.8) is 0 Å². The van der Waals surface area contributed by atoms with E-state index in [9.17, 15) is 0 Å². The molecule has 2 heterocycles. The summed E-state index contributed by atoms with van der Waals surface area (Å²) in [7, 11) is 0. The minimum atomic E-state index is 0.385. The Morgan fingerprint density at radius 2 is 2.06 bits per heavy atom. The van der Waals surface area contributed by atoms with Crippen molar-refractivity contribution < 1.29 is 0 Å². The van der Waals surface area contributed by atoms with Crippen molar-refractivity contribution in [2.24, 2.45) is 0 Å². The fraction of sp³-hybridized carbons (Fsp3) is 0. The molecule has 1 N–H and O–H groups in total. The number of anilines is 2. The summed E-state index contributed by atoms with van der Waals surface area (Å²) in [6, 6.07) is 9.75. The van der Waals surface area contributed by atoms with Gasteiger partial charge in [0.15, 0.2) is 11.0 Å². The van der Waals surface area contributed by atoms with Crippen LogP contribution in [-0.4, -0.2) is 13.7 Å².